The molecular formula is C15H21ClN2O2. The zero-order valence-electron chi connectivity index (χ0n) is 12.1. The fourth-order valence-electron chi connectivity index (χ4n) is 1.90. The zero-order valence-corrected chi connectivity index (χ0v) is 12.9. The van der Waals surface area contributed by atoms with Crippen LogP contribution in [0, 0.1) is 0 Å². The van der Waals surface area contributed by atoms with Crippen LogP contribution in [0.15, 0.2) is 24.3 Å². The summed E-state index contributed by atoms with van der Waals surface area (Å²) in [7, 11) is 0. The Morgan fingerprint density at radius 3 is 2.40 bits per heavy atom. The van der Waals surface area contributed by atoms with E-state index in [1.807, 2.05) is 13.8 Å². The number of carbonyl (C=O) groups is 2. The van der Waals surface area contributed by atoms with Crippen molar-refractivity contribution in [1.29, 1.82) is 0 Å². The van der Waals surface area contributed by atoms with Crippen LogP contribution in [0.3, 0.4) is 0 Å². The number of nitrogens with one attached hydrogen (secondary N) is 1. The van der Waals surface area contributed by atoms with Crippen LogP contribution in [-0.2, 0) is 4.79 Å². The molecule has 0 radical (unpaired) electrons. The van der Waals surface area contributed by atoms with Crippen LogP contribution in [0.2, 0.25) is 5.02 Å². The summed E-state index contributed by atoms with van der Waals surface area (Å²) < 4.78 is 0. The van der Waals surface area contributed by atoms with E-state index >= 15 is 0 Å². The molecule has 110 valence electrons. The molecular weight excluding hydrogens is 276 g/mol. The largest absolute Gasteiger partial charge is 0.350 e. The summed E-state index contributed by atoms with van der Waals surface area (Å²) in [5, 5.41) is 3.41. The van der Waals surface area contributed by atoms with Gasteiger partial charge in [0, 0.05) is 36.6 Å². The Hall–Kier alpha value is -1.55. The molecule has 5 heteroatoms. The first kappa shape index (κ1) is 16.5. The van der Waals surface area contributed by atoms with Crippen molar-refractivity contribution in [1.82, 2.24) is 10.2 Å². The lowest BCUT2D eigenvalue weighted by Gasteiger charge is -2.27. The Labute approximate surface area is 125 Å². The van der Waals surface area contributed by atoms with Gasteiger partial charge in [-0.2, -0.15) is 0 Å². The molecule has 20 heavy (non-hydrogen) atoms. The molecule has 0 saturated heterocycles. The van der Waals surface area contributed by atoms with E-state index in [-0.39, 0.29) is 17.9 Å². The normalized spacial score (nSPS) is 11.8. The van der Waals surface area contributed by atoms with Crippen molar-refractivity contribution in [2.45, 2.75) is 33.2 Å². The number of hydrogen-bond donors (Lipinski definition) is 1. The molecule has 0 aliphatic rings. The highest BCUT2D eigenvalue weighted by Crippen LogP contribution is 2.09. The minimum absolute atomic E-state index is 0.0279. The maximum absolute atomic E-state index is 11.9. The van der Waals surface area contributed by atoms with Crippen molar-refractivity contribution in [2.75, 3.05) is 13.1 Å². The topological polar surface area (TPSA) is 49.4 Å². The van der Waals surface area contributed by atoms with Crippen molar-refractivity contribution in [3.63, 3.8) is 0 Å². The molecule has 1 rings (SSSR count). The van der Waals surface area contributed by atoms with Crippen LogP contribution < -0.4 is 5.32 Å². The predicted molar refractivity (Wildman–Crippen MR) is 80.9 cm³/mol. The van der Waals surface area contributed by atoms with Gasteiger partial charge in [-0.3, -0.25) is 9.59 Å². The average molecular weight is 297 g/mol. The molecule has 2 amide bonds. The minimum Gasteiger partial charge on any atom is -0.350 e. The van der Waals surface area contributed by atoms with E-state index in [4.69, 9.17) is 11.6 Å². The molecule has 1 aromatic carbocycles. The molecule has 0 heterocycles. The summed E-state index contributed by atoms with van der Waals surface area (Å²) in [5.74, 6) is -0.130. The van der Waals surface area contributed by atoms with Crippen LogP contribution in [-0.4, -0.2) is 35.8 Å². The molecule has 0 aliphatic heterocycles. The smallest absolute Gasteiger partial charge is 0.251 e. The van der Waals surface area contributed by atoms with Crippen LogP contribution in [0.4, 0.5) is 0 Å². The molecule has 4 nitrogen and oxygen atoms in total. The Balaban J connectivity index is 2.48. The van der Waals surface area contributed by atoms with Crippen molar-refractivity contribution in [3.05, 3.63) is 34.9 Å². The number of benzene rings is 1. The third-order valence-corrected chi connectivity index (χ3v) is 3.52. The summed E-state index contributed by atoms with van der Waals surface area (Å²) in [6.07, 6.45) is 0.894. The summed E-state index contributed by atoms with van der Waals surface area (Å²) in [4.78, 5) is 25.2. The Bertz CT molecular complexity index is 459. The van der Waals surface area contributed by atoms with Gasteiger partial charge in [-0.1, -0.05) is 18.5 Å². The standard InChI is InChI=1S/C15H21ClN2O2/c1-4-11(2)18(12(3)19)10-9-17-15(20)13-5-7-14(16)8-6-13/h5-8,11H,4,9-10H2,1-3H3,(H,17,20). The summed E-state index contributed by atoms with van der Waals surface area (Å²) in [6, 6.07) is 6.89. The molecule has 0 aromatic heterocycles. The zero-order chi connectivity index (χ0) is 15.1. The van der Waals surface area contributed by atoms with Gasteiger partial charge in [0.2, 0.25) is 5.91 Å². The highest BCUT2D eigenvalue weighted by atomic mass is 35.5. The van der Waals surface area contributed by atoms with Gasteiger partial charge in [-0.05, 0) is 37.6 Å². The first-order valence-corrected chi connectivity index (χ1v) is 7.14. The predicted octanol–water partition coefficient (Wildman–Crippen LogP) is 2.72. The molecule has 1 atom stereocenters. The van der Waals surface area contributed by atoms with E-state index < -0.39 is 0 Å². The Morgan fingerprint density at radius 2 is 1.90 bits per heavy atom. The monoisotopic (exact) mass is 296 g/mol. The lowest BCUT2D eigenvalue weighted by atomic mass is 10.2. The number of nitrogens with zero attached hydrogens (tertiary/aromatic N) is 1. The van der Waals surface area contributed by atoms with Crippen LogP contribution >= 0.6 is 11.6 Å². The van der Waals surface area contributed by atoms with Gasteiger partial charge < -0.3 is 10.2 Å². The molecule has 0 saturated carbocycles. The minimum atomic E-state index is -0.158. The fraction of sp³-hybridized carbons (Fsp3) is 0.467. The second-order valence-corrected chi connectivity index (χ2v) is 5.17. The van der Waals surface area contributed by atoms with Crippen LogP contribution in [0.1, 0.15) is 37.6 Å². The van der Waals surface area contributed by atoms with Gasteiger partial charge in [0.25, 0.3) is 5.91 Å². The Morgan fingerprint density at radius 1 is 1.30 bits per heavy atom. The van der Waals surface area contributed by atoms with Crippen molar-refractivity contribution >= 4 is 23.4 Å². The molecule has 0 spiro atoms. The van der Waals surface area contributed by atoms with Gasteiger partial charge in [0.05, 0.1) is 0 Å². The van der Waals surface area contributed by atoms with Crippen molar-refractivity contribution in [3.8, 4) is 0 Å². The lowest BCUT2D eigenvalue weighted by molar-refractivity contribution is -0.130. The molecule has 1 N–H and O–H groups in total. The number of amides is 2. The van der Waals surface area contributed by atoms with Gasteiger partial charge >= 0.3 is 0 Å². The van der Waals surface area contributed by atoms with Crippen molar-refractivity contribution < 1.29 is 9.59 Å². The quantitative estimate of drug-likeness (QED) is 0.877. The molecule has 1 unspecified atom stereocenters. The van der Waals surface area contributed by atoms with E-state index in [0.29, 0.717) is 23.7 Å². The summed E-state index contributed by atoms with van der Waals surface area (Å²) in [5.41, 5.74) is 0.562. The molecule has 0 bridgehead atoms. The van der Waals surface area contributed by atoms with E-state index in [9.17, 15) is 9.59 Å². The van der Waals surface area contributed by atoms with Gasteiger partial charge in [-0.25, -0.2) is 0 Å². The SMILES string of the molecule is CCC(C)N(CCNC(=O)c1ccc(Cl)cc1)C(C)=O. The second kappa shape index (κ2) is 7.90. The maximum Gasteiger partial charge on any atom is 0.251 e. The summed E-state index contributed by atoms with van der Waals surface area (Å²) >= 11 is 5.77. The van der Waals surface area contributed by atoms with Gasteiger partial charge in [-0.15, -0.1) is 0 Å². The third kappa shape index (κ3) is 4.85. The number of hydrogen-bond acceptors (Lipinski definition) is 2. The second-order valence-electron chi connectivity index (χ2n) is 4.73. The van der Waals surface area contributed by atoms with E-state index in [0.717, 1.165) is 6.42 Å². The molecule has 0 fully saturated rings. The van der Waals surface area contributed by atoms with E-state index in [1.165, 1.54) is 0 Å². The van der Waals surface area contributed by atoms with Crippen LogP contribution in [0.25, 0.3) is 0 Å². The number of halogens is 1. The highest BCUT2D eigenvalue weighted by Gasteiger charge is 2.15. The van der Waals surface area contributed by atoms with E-state index in [2.05, 4.69) is 5.32 Å². The van der Waals surface area contributed by atoms with E-state index in [1.54, 1.807) is 36.1 Å². The lowest BCUT2D eigenvalue weighted by Crippen LogP contribution is -2.42. The van der Waals surface area contributed by atoms with Crippen molar-refractivity contribution in [2.24, 2.45) is 0 Å². The van der Waals surface area contributed by atoms with Gasteiger partial charge in [0.15, 0.2) is 0 Å². The number of rotatable bonds is 6. The van der Waals surface area contributed by atoms with Gasteiger partial charge in [0.1, 0.15) is 0 Å². The maximum atomic E-state index is 11.9. The Kier molecular flexibility index (Phi) is 6.52. The third-order valence-electron chi connectivity index (χ3n) is 3.27. The first-order chi connectivity index (χ1) is 9.45. The number of carbonyl (C=O) groups excluding carboxylic acids is 2. The summed E-state index contributed by atoms with van der Waals surface area (Å²) in [6.45, 7) is 6.54. The van der Waals surface area contributed by atoms with Crippen LogP contribution in [0.5, 0.6) is 0 Å². The first-order valence-electron chi connectivity index (χ1n) is 6.76. The molecule has 1 aromatic rings. The highest BCUT2D eigenvalue weighted by molar-refractivity contribution is 6.30. The molecule has 0 aliphatic carbocycles. The fourth-order valence-corrected chi connectivity index (χ4v) is 2.03. The average Bonchev–Trinajstić information content (AvgIpc) is 2.43.